The van der Waals surface area contributed by atoms with Gasteiger partial charge in [0, 0.05) is 0 Å². The fourth-order valence-corrected chi connectivity index (χ4v) is 2.03. The SMILES string of the molecule is Cc1cc(C(=O)O)cc(C)c1OCc1ccccc1.Cl. The highest BCUT2D eigenvalue weighted by Gasteiger charge is 2.10. The summed E-state index contributed by atoms with van der Waals surface area (Å²) in [5, 5.41) is 8.99. The van der Waals surface area contributed by atoms with Gasteiger partial charge in [0.1, 0.15) is 12.4 Å². The van der Waals surface area contributed by atoms with E-state index in [-0.39, 0.29) is 12.4 Å². The van der Waals surface area contributed by atoms with Crippen LogP contribution in [0.25, 0.3) is 0 Å². The van der Waals surface area contributed by atoms with Gasteiger partial charge in [-0.3, -0.25) is 0 Å². The topological polar surface area (TPSA) is 46.5 Å². The molecule has 20 heavy (non-hydrogen) atoms. The Bertz CT molecular complexity index is 571. The van der Waals surface area contributed by atoms with Gasteiger partial charge in [-0.1, -0.05) is 30.3 Å². The van der Waals surface area contributed by atoms with Crippen LogP contribution < -0.4 is 4.74 Å². The van der Waals surface area contributed by atoms with Crippen LogP contribution in [0.3, 0.4) is 0 Å². The molecule has 4 heteroatoms. The molecule has 0 fully saturated rings. The Morgan fingerprint density at radius 2 is 1.65 bits per heavy atom. The van der Waals surface area contributed by atoms with Gasteiger partial charge >= 0.3 is 5.97 Å². The van der Waals surface area contributed by atoms with Crippen molar-refractivity contribution in [2.24, 2.45) is 0 Å². The van der Waals surface area contributed by atoms with Crippen LogP contribution in [-0.2, 0) is 6.61 Å². The van der Waals surface area contributed by atoms with Crippen molar-refractivity contribution in [1.29, 1.82) is 0 Å². The van der Waals surface area contributed by atoms with Gasteiger partial charge in [-0.05, 0) is 42.7 Å². The van der Waals surface area contributed by atoms with Crippen LogP contribution in [0.15, 0.2) is 42.5 Å². The zero-order valence-electron chi connectivity index (χ0n) is 11.4. The number of carboxylic acids is 1. The first kappa shape index (κ1) is 16.1. The van der Waals surface area contributed by atoms with E-state index in [2.05, 4.69) is 0 Å². The van der Waals surface area contributed by atoms with Gasteiger partial charge in [0.05, 0.1) is 5.56 Å². The van der Waals surface area contributed by atoms with Crippen molar-refractivity contribution in [3.63, 3.8) is 0 Å². The number of hydrogen-bond donors (Lipinski definition) is 1. The van der Waals surface area contributed by atoms with Crippen molar-refractivity contribution in [2.75, 3.05) is 0 Å². The smallest absolute Gasteiger partial charge is 0.335 e. The van der Waals surface area contributed by atoms with E-state index in [1.54, 1.807) is 12.1 Å². The lowest BCUT2D eigenvalue weighted by Crippen LogP contribution is -2.02. The van der Waals surface area contributed by atoms with Crippen LogP contribution in [0, 0.1) is 13.8 Å². The van der Waals surface area contributed by atoms with E-state index in [0.29, 0.717) is 12.2 Å². The highest BCUT2D eigenvalue weighted by Crippen LogP contribution is 2.25. The second kappa shape index (κ2) is 6.96. The second-order valence-electron chi connectivity index (χ2n) is 4.52. The standard InChI is InChI=1S/C16H16O3.ClH/c1-11-8-14(16(17)18)9-12(2)15(11)19-10-13-6-4-3-5-7-13;/h3-9H,10H2,1-2H3,(H,17,18);1H. The van der Waals surface area contributed by atoms with E-state index in [1.807, 2.05) is 44.2 Å². The zero-order chi connectivity index (χ0) is 13.8. The first-order valence-electron chi connectivity index (χ1n) is 6.09. The van der Waals surface area contributed by atoms with E-state index in [0.717, 1.165) is 22.4 Å². The lowest BCUT2D eigenvalue weighted by atomic mass is 10.1. The van der Waals surface area contributed by atoms with Gasteiger partial charge in [0.15, 0.2) is 0 Å². The molecule has 3 nitrogen and oxygen atoms in total. The molecule has 0 spiro atoms. The molecule has 0 aliphatic rings. The number of rotatable bonds is 4. The van der Waals surface area contributed by atoms with Gasteiger partial charge in [-0.25, -0.2) is 4.79 Å². The van der Waals surface area contributed by atoms with E-state index in [1.165, 1.54) is 0 Å². The van der Waals surface area contributed by atoms with Gasteiger partial charge < -0.3 is 9.84 Å². The number of halogens is 1. The molecular weight excluding hydrogens is 276 g/mol. The predicted octanol–water partition coefficient (Wildman–Crippen LogP) is 4.00. The minimum absolute atomic E-state index is 0. The largest absolute Gasteiger partial charge is 0.488 e. The average molecular weight is 293 g/mol. The van der Waals surface area contributed by atoms with Crippen molar-refractivity contribution in [3.8, 4) is 5.75 Å². The summed E-state index contributed by atoms with van der Waals surface area (Å²) in [6, 6.07) is 13.2. The van der Waals surface area contributed by atoms with Gasteiger partial charge in [-0.15, -0.1) is 12.4 Å². The molecule has 1 N–H and O–H groups in total. The van der Waals surface area contributed by atoms with Crippen molar-refractivity contribution in [1.82, 2.24) is 0 Å². The van der Waals surface area contributed by atoms with E-state index >= 15 is 0 Å². The van der Waals surface area contributed by atoms with Gasteiger partial charge in [0.25, 0.3) is 0 Å². The fourth-order valence-electron chi connectivity index (χ4n) is 2.03. The van der Waals surface area contributed by atoms with Crippen LogP contribution in [0.5, 0.6) is 5.75 Å². The lowest BCUT2D eigenvalue weighted by Gasteiger charge is -2.13. The number of aromatic carboxylic acids is 1. The Kier molecular flexibility index (Phi) is 5.59. The van der Waals surface area contributed by atoms with Crippen molar-refractivity contribution in [3.05, 3.63) is 64.7 Å². The van der Waals surface area contributed by atoms with E-state index < -0.39 is 5.97 Å². The summed E-state index contributed by atoms with van der Waals surface area (Å²) < 4.78 is 5.80. The summed E-state index contributed by atoms with van der Waals surface area (Å²) in [6.45, 7) is 4.20. The summed E-state index contributed by atoms with van der Waals surface area (Å²) in [7, 11) is 0. The highest BCUT2D eigenvalue weighted by molar-refractivity contribution is 5.88. The molecule has 0 amide bonds. The number of ether oxygens (including phenoxy) is 1. The maximum absolute atomic E-state index is 11.0. The molecule has 0 radical (unpaired) electrons. The average Bonchev–Trinajstić information content (AvgIpc) is 2.38. The molecule has 0 saturated carbocycles. The molecule has 0 aliphatic heterocycles. The van der Waals surface area contributed by atoms with Gasteiger partial charge in [-0.2, -0.15) is 0 Å². The molecule has 0 aromatic heterocycles. The number of hydrogen-bond acceptors (Lipinski definition) is 2. The lowest BCUT2D eigenvalue weighted by molar-refractivity contribution is 0.0696. The zero-order valence-corrected chi connectivity index (χ0v) is 12.2. The number of carboxylic acid groups (broad SMARTS) is 1. The van der Waals surface area contributed by atoms with E-state index in [9.17, 15) is 4.79 Å². The van der Waals surface area contributed by atoms with Crippen molar-refractivity contribution in [2.45, 2.75) is 20.5 Å². The third-order valence-corrected chi connectivity index (χ3v) is 2.93. The summed E-state index contributed by atoms with van der Waals surface area (Å²) >= 11 is 0. The third kappa shape index (κ3) is 3.75. The molecule has 2 rings (SSSR count). The Labute approximate surface area is 124 Å². The first-order chi connectivity index (χ1) is 9.08. The van der Waals surface area contributed by atoms with Crippen molar-refractivity contribution < 1.29 is 14.6 Å². The highest BCUT2D eigenvalue weighted by atomic mass is 35.5. The summed E-state index contributed by atoms with van der Waals surface area (Å²) in [4.78, 5) is 11.0. The molecule has 106 valence electrons. The molecular formula is C16H17ClO3. The number of benzene rings is 2. The molecule has 2 aromatic rings. The Morgan fingerprint density at radius 3 is 2.15 bits per heavy atom. The monoisotopic (exact) mass is 292 g/mol. The Balaban J connectivity index is 0.00000200. The summed E-state index contributed by atoms with van der Waals surface area (Å²) in [6.07, 6.45) is 0. The van der Waals surface area contributed by atoms with E-state index in [4.69, 9.17) is 9.84 Å². The Morgan fingerprint density at radius 1 is 1.10 bits per heavy atom. The first-order valence-corrected chi connectivity index (χ1v) is 6.09. The minimum Gasteiger partial charge on any atom is -0.488 e. The van der Waals surface area contributed by atoms with Crippen molar-refractivity contribution >= 4 is 18.4 Å². The third-order valence-electron chi connectivity index (χ3n) is 2.93. The summed E-state index contributed by atoms with van der Waals surface area (Å²) in [5.74, 6) is -0.158. The van der Waals surface area contributed by atoms with Crippen LogP contribution in [-0.4, -0.2) is 11.1 Å². The number of aryl methyl sites for hydroxylation is 2. The molecule has 0 bridgehead atoms. The molecule has 2 aromatic carbocycles. The molecule has 0 heterocycles. The van der Waals surface area contributed by atoms with Crippen LogP contribution in [0.4, 0.5) is 0 Å². The molecule has 0 unspecified atom stereocenters. The summed E-state index contributed by atoms with van der Waals surface area (Å²) in [5.41, 5.74) is 3.06. The van der Waals surface area contributed by atoms with Crippen LogP contribution in [0.2, 0.25) is 0 Å². The second-order valence-corrected chi connectivity index (χ2v) is 4.52. The Hall–Kier alpha value is -2.00. The maximum atomic E-state index is 11.0. The quantitative estimate of drug-likeness (QED) is 0.926. The minimum atomic E-state index is -0.916. The van der Waals surface area contributed by atoms with Gasteiger partial charge in [0.2, 0.25) is 0 Å². The molecule has 0 atom stereocenters. The predicted molar refractivity (Wildman–Crippen MR) is 80.9 cm³/mol. The van der Waals surface area contributed by atoms with Crippen LogP contribution in [0.1, 0.15) is 27.0 Å². The molecule has 0 aliphatic carbocycles. The maximum Gasteiger partial charge on any atom is 0.335 e. The molecule has 0 saturated heterocycles. The fraction of sp³-hybridized carbons (Fsp3) is 0.188. The van der Waals surface area contributed by atoms with Crippen LogP contribution >= 0.6 is 12.4 Å². The normalized spacial score (nSPS) is 9.70. The number of carbonyl (C=O) groups is 1.